The van der Waals surface area contributed by atoms with E-state index < -0.39 is 12.7 Å². The Kier molecular flexibility index (Phi) is 15.3. The standard InChI is InChI=1S/C20H20F3NO4.C9H9F3O.C2H6.C2H4/c1-3-16-18-13(10-14(25)11-17(18)27-2)8-9-24(16)19(26)12-4-6-15(7-5-12)28-20(21,22)23;1-2-7-4-3-5-8(6-7)13-9(10,11)12;2*1-2/h4-7,10-11,16,25H,3,8-9H2,1-2H3;3-6H,2H2,1H3;1-2H3;1-2H2. The van der Waals surface area contributed by atoms with Gasteiger partial charge in [-0.3, -0.25) is 4.79 Å². The monoisotopic (exact) mass is 643 g/mol. The van der Waals surface area contributed by atoms with Gasteiger partial charge in [-0.2, -0.15) is 0 Å². The third-order valence-corrected chi connectivity index (χ3v) is 6.29. The first kappa shape index (κ1) is 38.7. The van der Waals surface area contributed by atoms with Crippen molar-refractivity contribution >= 4 is 5.91 Å². The number of phenols is 1. The van der Waals surface area contributed by atoms with Crippen molar-refractivity contribution in [1.29, 1.82) is 0 Å². The van der Waals surface area contributed by atoms with Crippen molar-refractivity contribution in [3.63, 3.8) is 0 Å². The molecule has 4 rings (SSSR count). The zero-order valence-corrected chi connectivity index (χ0v) is 25.9. The van der Waals surface area contributed by atoms with Gasteiger partial charge in [-0.1, -0.05) is 39.8 Å². The third-order valence-electron chi connectivity index (χ3n) is 6.29. The molecule has 0 bridgehead atoms. The number of fused-ring (bicyclic) bond motifs is 1. The summed E-state index contributed by atoms with van der Waals surface area (Å²) in [7, 11) is 1.50. The van der Waals surface area contributed by atoms with Crippen molar-refractivity contribution in [2.45, 2.75) is 65.7 Å². The number of amides is 1. The molecule has 0 fully saturated rings. The summed E-state index contributed by atoms with van der Waals surface area (Å²) in [4.78, 5) is 14.7. The van der Waals surface area contributed by atoms with Crippen LogP contribution in [0.3, 0.4) is 0 Å². The summed E-state index contributed by atoms with van der Waals surface area (Å²) in [6.07, 6.45) is -7.54. The van der Waals surface area contributed by atoms with E-state index in [1.807, 2.05) is 27.7 Å². The lowest BCUT2D eigenvalue weighted by Crippen LogP contribution is -2.40. The molecule has 3 aromatic carbocycles. The van der Waals surface area contributed by atoms with Gasteiger partial charge in [-0.25, -0.2) is 0 Å². The molecular weight excluding hydrogens is 604 g/mol. The number of ether oxygens (including phenoxy) is 3. The quantitative estimate of drug-likeness (QED) is 0.214. The summed E-state index contributed by atoms with van der Waals surface area (Å²) < 4.78 is 85.2. The van der Waals surface area contributed by atoms with Crippen LogP contribution in [0.2, 0.25) is 0 Å². The largest absolute Gasteiger partial charge is 0.573 e. The van der Waals surface area contributed by atoms with Crippen LogP contribution in [0.5, 0.6) is 23.0 Å². The number of halogens is 6. The van der Waals surface area contributed by atoms with Crippen molar-refractivity contribution in [3.05, 3.63) is 96.1 Å². The molecule has 1 aliphatic rings. The summed E-state index contributed by atoms with van der Waals surface area (Å²) in [5, 5.41) is 9.87. The molecule has 0 radical (unpaired) electrons. The number of carbonyl (C=O) groups is 1. The van der Waals surface area contributed by atoms with E-state index in [1.54, 1.807) is 23.1 Å². The van der Waals surface area contributed by atoms with Crippen LogP contribution in [0.4, 0.5) is 26.3 Å². The molecule has 1 unspecified atom stereocenters. The van der Waals surface area contributed by atoms with E-state index >= 15 is 0 Å². The Morgan fingerprint density at radius 2 is 1.49 bits per heavy atom. The Hall–Kier alpha value is -4.35. The highest BCUT2D eigenvalue weighted by Crippen LogP contribution is 2.41. The van der Waals surface area contributed by atoms with Crippen molar-refractivity contribution in [2.24, 2.45) is 0 Å². The number of hydrogen-bond donors (Lipinski definition) is 1. The molecule has 45 heavy (non-hydrogen) atoms. The summed E-state index contributed by atoms with van der Waals surface area (Å²) in [6, 6.07) is 13.8. The predicted molar refractivity (Wildman–Crippen MR) is 161 cm³/mol. The van der Waals surface area contributed by atoms with E-state index in [4.69, 9.17) is 4.74 Å². The van der Waals surface area contributed by atoms with Crippen LogP contribution in [0.15, 0.2) is 73.8 Å². The fourth-order valence-electron chi connectivity index (χ4n) is 4.57. The van der Waals surface area contributed by atoms with Crippen molar-refractivity contribution in [1.82, 2.24) is 4.90 Å². The smallest absolute Gasteiger partial charge is 0.508 e. The maximum absolute atomic E-state index is 13.0. The number of aromatic hydroxyl groups is 1. The molecule has 1 N–H and O–H groups in total. The molecule has 0 saturated heterocycles. The van der Waals surface area contributed by atoms with Crippen LogP contribution < -0.4 is 14.2 Å². The second kappa shape index (κ2) is 17.8. The minimum absolute atomic E-state index is 0.102. The van der Waals surface area contributed by atoms with Crippen LogP contribution in [0, 0.1) is 0 Å². The van der Waals surface area contributed by atoms with E-state index in [0.717, 1.165) is 28.8 Å². The van der Waals surface area contributed by atoms with Gasteiger partial charge in [0.15, 0.2) is 0 Å². The highest BCUT2D eigenvalue weighted by molar-refractivity contribution is 5.95. The molecular formula is C33H39F6NO5. The third kappa shape index (κ3) is 11.9. The fraction of sp³-hybridized carbons (Fsp3) is 0.364. The lowest BCUT2D eigenvalue weighted by molar-refractivity contribution is -0.275. The molecule has 0 aromatic heterocycles. The maximum atomic E-state index is 13.0. The molecule has 248 valence electrons. The number of aryl methyl sites for hydroxylation is 1. The Bertz CT molecular complexity index is 1330. The van der Waals surface area contributed by atoms with Gasteiger partial charge in [-0.05, 0) is 72.9 Å². The van der Waals surface area contributed by atoms with Gasteiger partial charge in [0.05, 0.1) is 13.2 Å². The number of nitrogens with zero attached hydrogens (tertiary/aromatic N) is 1. The number of hydrogen-bond acceptors (Lipinski definition) is 5. The summed E-state index contributed by atoms with van der Waals surface area (Å²) in [6.45, 7) is 14.2. The van der Waals surface area contributed by atoms with Gasteiger partial charge in [0, 0.05) is 23.7 Å². The Morgan fingerprint density at radius 1 is 0.911 bits per heavy atom. The summed E-state index contributed by atoms with van der Waals surface area (Å²) >= 11 is 0. The molecule has 1 atom stereocenters. The van der Waals surface area contributed by atoms with Gasteiger partial charge >= 0.3 is 12.7 Å². The molecule has 0 spiro atoms. The molecule has 12 heteroatoms. The number of rotatable bonds is 6. The van der Waals surface area contributed by atoms with Crippen LogP contribution in [-0.2, 0) is 12.8 Å². The Morgan fingerprint density at radius 3 is 2.00 bits per heavy atom. The molecule has 6 nitrogen and oxygen atoms in total. The van der Waals surface area contributed by atoms with Gasteiger partial charge in [-0.15, -0.1) is 39.5 Å². The van der Waals surface area contributed by atoms with Gasteiger partial charge in [0.25, 0.3) is 5.91 Å². The van der Waals surface area contributed by atoms with Crippen LogP contribution in [-0.4, -0.2) is 42.3 Å². The highest BCUT2D eigenvalue weighted by Gasteiger charge is 2.34. The number of benzene rings is 3. The van der Waals surface area contributed by atoms with Crippen molar-refractivity contribution in [3.8, 4) is 23.0 Å². The van der Waals surface area contributed by atoms with Crippen LogP contribution in [0.25, 0.3) is 0 Å². The van der Waals surface area contributed by atoms with Crippen molar-refractivity contribution < 1.29 is 50.5 Å². The zero-order chi connectivity index (χ0) is 34.4. The number of alkyl halides is 6. The van der Waals surface area contributed by atoms with E-state index in [2.05, 4.69) is 22.6 Å². The Balaban J connectivity index is 0.000000499. The number of methoxy groups -OCH3 is 1. The van der Waals surface area contributed by atoms with Gasteiger partial charge in [0.1, 0.15) is 23.0 Å². The predicted octanol–water partition coefficient (Wildman–Crippen LogP) is 9.43. The van der Waals surface area contributed by atoms with E-state index in [1.165, 1.54) is 37.4 Å². The topological polar surface area (TPSA) is 68.2 Å². The molecule has 0 aliphatic carbocycles. The first-order valence-corrected chi connectivity index (χ1v) is 14.2. The second-order valence-corrected chi connectivity index (χ2v) is 9.01. The zero-order valence-electron chi connectivity index (χ0n) is 25.9. The molecule has 1 amide bonds. The molecule has 0 saturated carbocycles. The molecule has 1 heterocycles. The summed E-state index contributed by atoms with van der Waals surface area (Å²) in [5.74, 6) is -0.214. The van der Waals surface area contributed by atoms with E-state index in [0.29, 0.717) is 31.6 Å². The average Bonchev–Trinajstić information content (AvgIpc) is 3.00. The molecule has 1 aliphatic heterocycles. The number of phenolic OH excluding ortho intramolecular Hbond substituents is 1. The maximum Gasteiger partial charge on any atom is 0.573 e. The van der Waals surface area contributed by atoms with Crippen LogP contribution in [0.1, 0.15) is 67.2 Å². The van der Waals surface area contributed by atoms with Gasteiger partial charge in [0.2, 0.25) is 0 Å². The van der Waals surface area contributed by atoms with Gasteiger partial charge < -0.3 is 24.2 Å². The first-order valence-electron chi connectivity index (χ1n) is 14.2. The lowest BCUT2D eigenvalue weighted by Gasteiger charge is -2.38. The average molecular weight is 644 g/mol. The van der Waals surface area contributed by atoms with E-state index in [9.17, 15) is 36.2 Å². The minimum Gasteiger partial charge on any atom is -0.508 e. The summed E-state index contributed by atoms with van der Waals surface area (Å²) in [5.41, 5.74) is 2.86. The SMILES string of the molecule is C=C.CC.CCC1c2c(cc(O)cc2OC)CCN1C(=O)c1ccc(OC(F)(F)F)cc1.CCc1cccc(OC(F)(F)F)c1. The normalized spacial score (nSPS) is 13.8. The highest BCUT2D eigenvalue weighted by atomic mass is 19.4. The Labute approximate surface area is 259 Å². The fourth-order valence-corrected chi connectivity index (χ4v) is 4.57. The minimum atomic E-state index is -4.78. The first-order chi connectivity index (χ1) is 21.2. The van der Waals surface area contributed by atoms with Crippen molar-refractivity contribution in [2.75, 3.05) is 13.7 Å². The number of carbonyl (C=O) groups excluding carboxylic acids is 1. The van der Waals surface area contributed by atoms with E-state index in [-0.39, 0.29) is 34.8 Å². The molecule has 3 aromatic rings. The lowest BCUT2D eigenvalue weighted by atomic mass is 9.89. The van der Waals surface area contributed by atoms with Crippen LogP contribution >= 0.6 is 0 Å². The second-order valence-electron chi connectivity index (χ2n) is 9.01.